The third-order valence-corrected chi connectivity index (χ3v) is 11.0. The summed E-state index contributed by atoms with van der Waals surface area (Å²) in [6.07, 6.45) is -1.01. The highest BCUT2D eigenvalue weighted by Crippen LogP contribution is 2.39. The Hall–Kier alpha value is -1.92. The molecule has 0 bridgehead atoms. The van der Waals surface area contributed by atoms with E-state index in [1.54, 1.807) is 13.2 Å². The van der Waals surface area contributed by atoms with Crippen molar-refractivity contribution in [3.05, 3.63) is 34.1 Å². The number of thioether (sulfide) groups is 2. The number of rotatable bonds is 10. The molecule has 1 amide bonds. The first-order valence-electron chi connectivity index (χ1n) is 13.6. The number of aliphatic hydroxyl groups excluding tert-OH is 3. The van der Waals surface area contributed by atoms with Crippen LogP contribution in [0.5, 0.6) is 0 Å². The average molecular weight is 646 g/mol. The summed E-state index contributed by atoms with van der Waals surface area (Å²) >= 11 is 3.47. The first-order chi connectivity index (χ1) is 19.9. The van der Waals surface area contributed by atoms with Crippen molar-refractivity contribution in [2.24, 2.45) is 5.92 Å². The van der Waals surface area contributed by atoms with Gasteiger partial charge in [0.2, 0.25) is 5.91 Å². The van der Waals surface area contributed by atoms with Crippen LogP contribution in [-0.2, 0) is 9.53 Å². The molecular formula is C26H36FN5O7S3. The standard InChI is InChI=1S/C26H36FN5O7S3/c1-5-13-8-9-31(3)17(10-13)23(36)28-18(22-20(34)19(33)21(35)25(39-22)40-4)12(2)41-26-30-29-24(42-26)15-7-6-14(27)11-16(15)32(37)38/h6-7,11-13,17-22,25,33-35H,5,8-10H2,1-4H3,(H,28,36)/t12-,13+,17-,18+,19-,20+,21+,22+,25+/m0/s1. The van der Waals surface area contributed by atoms with Crippen molar-refractivity contribution in [2.75, 3.05) is 19.8 Å². The number of likely N-dealkylation sites (N-methyl/N-ethyl adjacent to an activating group) is 1. The van der Waals surface area contributed by atoms with Crippen LogP contribution >= 0.6 is 34.9 Å². The second-order valence-corrected chi connectivity index (χ2v) is 14.2. The Labute approximate surface area is 255 Å². The van der Waals surface area contributed by atoms with Crippen LogP contribution in [0.4, 0.5) is 10.1 Å². The molecule has 1 aromatic heterocycles. The lowest BCUT2D eigenvalue weighted by Gasteiger charge is -2.45. The topological polar surface area (TPSA) is 171 Å². The van der Waals surface area contributed by atoms with Crippen molar-refractivity contribution >= 4 is 46.5 Å². The van der Waals surface area contributed by atoms with Crippen LogP contribution in [0.2, 0.25) is 0 Å². The second kappa shape index (κ2) is 14.2. The number of nitro benzene ring substituents is 1. The van der Waals surface area contributed by atoms with E-state index in [1.165, 1.54) is 29.6 Å². The zero-order valence-corrected chi connectivity index (χ0v) is 26.1. The zero-order valence-electron chi connectivity index (χ0n) is 23.6. The normalized spacial score (nSPS) is 30.0. The first kappa shape index (κ1) is 33.0. The van der Waals surface area contributed by atoms with Gasteiger partial charge in [-0.2, -0.15) is 0 Å². The molecule has 0 spiro atoms. The van der Waals surface area contributed by atoms with Gasteiger partial charge in [-0.25, -0.2) is 4.39 Å². The van der Waals surface area contributed by atoms with Crippen LogP contribution < -0.4 is 5.32 Å². The van der Waals surface area contributed by atoms with Gasteiger partial charge in [-0.05, 0) is 50.7 Å². The number of carbonyl (C=O) groups excluding carboxylic acids is 1. The number of nitrogens with one attached hydrogen (secondary N) is 1. The van der Waals surface area contributed by atoms with Crippen LogP contribution in [0.3, 0.4) is 0 Å². The predicted octanol–water partition coefficient (Wildman–Crippen LogP) is 2.51. The highest BCUT2D eigenvalue weighted by atomic mass is 32.2. The van der Waals surface area contributed by atoms with Gasteiger partial charge in [0, 0.05) is 5.25 Å². The van der Waals surface area contributed by atoms with Gasteiger partial charge in [-0.1, -0.05) is 43.4 Å². The quantitative estimate of drug-likeness (QED) is 0.169. The Bertz CT molecular complexity index is 1260. The smallest absolute Gasteiger partial charge is 0.282 e. The number of amides is 1. The van der Waals surface area contributed by atoms with E-state index in [4.69, 9.17) is 4.74 Å². The molecule has 42 heavy (non-hydrogen) atoms. The lowest BCUT2D eigenvalue weighted by Crippen LogP contribution is -2.65. The fourth-order valence-electron chi connectivity index (χ4n) is 5.36. The lowest BCUT2D eigenvalue weighted by atomic mass is 9.88. The third kappa shape index (κ3) is 7.23. The molecule has 1 aromatic carbocycles. The molecule has 2 aromatic rings. The molecule has 2 saturated heterocycles. The molecule has 16 heteroatoms. The van der Waals surface area contributed by atoms with E-state index < -0.39 is 57.6 Å². The second-order valence-electron chi connectivity index (χ2n) is 10.6. The Morgan fingerprint density at radius 3 is 2.71 bits per heavy atom. The van der Waals surface area contributed by atoms with Gasteiger partial charge in [0.25, 0.3) is 5.69 Å². The zero-order chi connectivity index (χ0) is 30.7. The summed E-state index contributed by atoms with van der Waals surface area (Å²) < 4.78 is 20.1. The molecular weight excluding hydrogens is 610 g/mol. The van der Waals surface area contributed by atoms with Crippen molar-refractivity contribution in [2.45, 2.75) is 84.6 Å². The maximum absolute atomic E-state index is 13.7. The minimum atomic E-state index is -1.49. The van der Waals surface area contributed by atoms with Crippen LogP contribution in [0.25, 0.3) is 10.6 Å². The Kier molecular flexibility index (Phi) is 11.2. The molecule has 2 fully saturated rings. The largest absolute Gasteiger partial charge is 0.388 e. The van der Waals surface area contributed by atoms with Gasteiger partial charge in [0.05, 0.1) is 28.6 Å². The van der Waals surface area contributed by atoms with Gasteiger partial charge in [-0.3, -0.25) is 19.8 Å². The van der Waals surface area contributed by atoms with E-state index >= 15 is 0 Å². The Balaban J connectivity index is 1.60. The van der Waals surface area contributed by atoms with Crippen molar-refractivity contribution < 1.29 is 34.2 Å². The lowest BCUT2D eigenvalue weighted by molar-refractivity contribution is -0.384. The molecule has 2 aliphatic rings. The van der Waals surface area contributed by atoms with Gasteiger partial charge in [0.15, 0.2) is 9.35 Å². The molecule has 3 heterocycles. The summed E-state index contributed by atoms with van der Waals surface area (Å²) in [5.74, 6) is -0.565. The number of aromatic nitrogens is 2. The number of benzene rings is 1. The number of hydrogen-bond acceptors (Lipinski definition) is 13. The average Bonchev–Trinajstić information content (AvgIpc) is 3.43. The molecule has 0 unspecified atom stereocenters. The number of halogens is 1. The monoisotopic (exact) mass is 645 g/mol. The van der Waals surface area contributed by atoms with Gasteiger partial charge in [0.1, 0.15) is 35.7 Å². The van der Waals surface area contributed by atoms with Crippen molar-refractivity contribution in [3.63, 3.8) is 0 Å². The fraction of sp³-hybridized carbons (Fsp3) is 0.654. The summed E-state index contributed by atoms with van der Waals surface area (Å²) in [7, 11) is 1.90. The summed E-state index contributed by atoms with van der Waals surface area (Å²) in [5.41, 5.74) is -1.14. The molecule has 12 nitrogen and oxygen atoms in total. The number of hydrogen-bond donors (Lipinski definition) is 4. The highest BCUT2D eigenvalue weighted by molar-refractivity contribution is 8.01. The number of likely N-dealkylation sites (tertiary alicyclic amines) is 1. The fourth-order valence-corrected chi connectivity index (χ4v) is 8.31. The maximum Gasteiger partial charge on any atom is 0.282 e. The van der Waals surface area contributed by atoms with Crippen LogP contribution in [0.15, 0.2) is 22.5 Å². The minimum Gasteiger partial charge on any atom is -0.388 e. The number of piperidine rings is 1. The molecule has 0 saturated carbocycles. The van der Waals surface area contributed by atoms with E-state index in [2.05, 4.69) is 22.4 Å². The number of ether oxygens (including phenoxy) is 1. The molecule has 4 rings (SSSR count). The molecule has 4 N–H and O–H groups in total. The molecule has 0 aliphatic carbocycles. The van der Waals surface area contributed by atoms with Crippen molar-refractivity contribution in [1.82, 2.24) is 20.4 Å². The minimum absolute atomic E-state index is 0.125. The van der Waals surface area contributed by atoms with Crippen LogP contribution in [0, 0.1) is 21.8 Å². The number of aliphatic hydroxyl groups is 3. The van der Waals surface area contributed by atoms with Gasteiger partial charge in [-0.15, -0.1) is 22.0 Å². The molecule has 2 aliphatic heterocycles. The molecule has 9 atom stereocenters. The van der Waals surface area contributed by atoms with E-state index in [-0.39, 0.29) is 22.5 Å². The summed E-state index contributed by atoms with van der Waals surface area (Å²) in [6, 6.07) is 2.01. The van der Waals surface area contributed by atoms with Crippen LogP contribution in [0.1, 0.15) is 33.1 Å². The van der Waals surface area contributed by atoms with E-state index in [1.807, 2.05) is 11.9 Å². The number of nitrogens with zero attached hydrogens (tertiary/aromatic N) is 4. The Morgan fingerprint density at radius 2 is 2.05 bits per heavy atom. The summed E-state index contributed by atoms with van der Waals surface area (Å²) in [4.78, 5) is 26.5. The third-order valence-electron chi connectivity index (χ3n) is 7.95. The van der Waals surface area contributed by atoms with Gasteiger partial charge >= 0.3 is 0 Å². The summed E-state index contributed by atoms with van der Waals surface area (Å²) in [6.45, 7) is 4.68. The number of nitro groups is 1. The van der Waals surface area contributed by atoms with E-state index in [0.29, 0.717) is 16.7 Å². The van der Waals surface area contributed by atoms with Gasteiger partial charge < -0.3 is 25.4 Å². The van der Waals surface area contributed by atoms with E-state index in [9.17, 15) is 34.6 Å². The molecule has 232 valence electrons. The maximum atomic E-state index is 13.7. The van der Waals surface area contributed by atoms with Crippen LogP contribution in [-0.4, -0.2) is 108 Å². The summed E-state index contributed by atoms with van der Waals surface area (Å²) in [5, 5.41) is 54.5. The number of carbonyl (C=O) groups is 1. The molecule has 0 radical (unpaired) electrons. The van der Waals surface area contributed by atoms with Crippen molar-refractivity contribution in [1.29, 1.82) is 0 Å². The first-order valence-corrected chi connectivity index (χ1v) is 16.6. The highest BCUT2D eigenvalue weighted by Gasteiger charge is 2.48. The van der Waals surface area contributed by atoms with Crippen molar-refractivity contribution in [3.8, 4) is 10.6 Å². The predicted molar refractivity (Wildman–Crippen MR) is 159 cm³/mol. The Morgan fingerprint density at radius 1 is 1.31 bits per heavy atom. The van der Waals surface area contributed by atoms with E-state index in [0.717, 1.165) is 42.9 Å². The SMILES string of the molecule is CC[C@@H]1CCN(C)[C@H](C(=O)N[C@@H]([C@H]2O[C@H](SC)[C@H](O)[C@@H](O)[C@H]2O)[C@H](C)Sc2nnc(-c3ccc(F)cc3[N+](=O)[O-])s2)C1.